The van der Waals surface area contributed by atoms with Gasteiger partial charge in [-0.25, -0.2) is 15.0 Å². The maximum atomic E-state index is 5.82. The first kappa shape index (κ1) is 16.1. The van der Waals surface area contributed by atoms with Crippen molar-refractivity contribution in [3.05, 3.63) is 79.4 Å². The summed E-state index contributed by atoms with van der Waals surface area (Å²) in [6.07, 6.45) is 6.68. The predicted molar refractivity (Wildman–Crippen MR) is 102 cm³/mol. The van der Waals surface area contributed by atoms with Gasteiger partial charge in [-0.15, -0.1) is 0 Å². The summed E-state index contributed by atoms with van der Waals surface area (Å²) in [7, 11) is 0. The topological polar surface area (TPSA) is 90.7 Å². The Morgan fingerprint density at radius 2 is 1.00 bits per heavy atom. The monoisotopic (exact) mass is 367 g/mol. The van der Waals surface area contributed by atoms with E-state index in [0.29, 0.717) is 46.1 Å². The van der Waals surface area contributed by atoms with E-state index in [-0.39, 0.29) is 0 Å². The Balaban J connectivity index is 1.46. The molecule has 0 saturated carbocycles. The molecule has 134 valence electrons. The van der Waals surface area contributed by atoms with E-state index in [9.17, 15) is 0 Å². The quantitative estimate of drug-likeness (QED) is 0.461. The van der Waals surface area contributed by atoms with Crippen molar-refractivity contribution in [1.29, 1.82) is 0 Å². The van der Waals surface area contributed by atoms with Gasteiger partial charge in [0.15, 0.2) is 11.5 Å². The summed E-state index contributed by atoms with van der Waals surface area (Å²) in [5.41, 5.74) is 2.59. The standard InChI is InChI=1S/C21H13N5O2/c1-3-10-22-14(6-1)18-12-24-20(27-18)16-8-5-9-17(26-16)21-25-13-19(28-21)15-7-2-4-11-23-15/h1-13H. The van der Waals surface area contributed by atoms with Crippen molar-refractivity contribution in [3.8, 4) is 46.1 Å². The van der Waals surface area contributed by atoms with Crippen molar-refractivity contribution in [1.82, 2.24) is 24.9 Å². The molecule has 0 N–H and O–H groups in total. The zero-order valence-corrected chi connectivity index (χ0v) is 14.6. The van der Waals surface area contributed by atoms with Crippen LogP contribution in [0.5, 0.6) is 0 Å². The Hall–Kier alpha value is -4.13. The first-order valence-electron chi connectivity index (χ1n) is 8.59. The van der Waals surface area contributed by atoms with Crippen LogP contribution in [0.1, 0.15) is 0 Å². The molecule has 5 aromatic heterocycles. The van der Waals surface area contributed by atoms with Crippen LogP contribution in [-0.2, 0) is 0 Å². The first-order valence-corrected chi connectivity index (χ1v) is 8.59. The van der Waals surface area contributed by atoms with Crippen molar-refractivity contribution in [2.45, 2.75) is 0 Å². The first-order chi connectivity index (χ1) is 13.9. The fraction of sp³-hybridized carbons (Fsp3) is 0. The van der Waals surface area contributed by atoms with E-state index in [2.05, 4.69) is 24.9 Å². The van der Waals surface area contributed by atoms with Crippen LogP contribution in [0.4, 0.5) is 0 Å². The second-order valence-electron chi connectivity index (χ2n) is 5.90. The van der Waals surface area contributed by atoms with Crippen LogP contribution in [0.3, 0.4) is 0 Å². The zero-order valence-electron chi connectivity index (χ0n) is 14.6. The van der Waals surface area contributed by atoms with E-state index >= 15 is 0 Å². The molecular weight excluding hydrogens is 354 g/mol. The van der Waals surface area contributed by atoms with E-state index in [1.165, 1.54) is 0 Å². The molecule has 0 aromatic carbocycles. The van der Waals surface area contributed by atoms with Gasteiger partial charge in [0.25, 0.3) is 0 Å². The molecule has 0 bridgehead atoms. The summed E-state index contributed by atoms with van der Waals surface area (Å²) < 4.78 is 11.6. The number of pyridine rings is 3. The minimum atomic E-state index is 0.402. The van der Waals surface area contributed by atoms with Crippen molar-refractivity contribution >= 4 is 0 Å². The summed E-state index contributed by atoms with van der Waals surface area (Å²) in [6, 6.07) is 16.7. The number of oxazole rings is 2. The highest BCUT2D eigenvalue weighted by Crippen LogP contribution is 2.27. The maximum Gasteiger partial charge on any atom is 0.245 e. The number of aromatic nitrogens is 5. The normalized spacial score (nSPS) is 10.9. The van der Waals surface area contributed by atoms with Crippen molar-refractivity contribution in [3.63, 3.8) is 0 Å². The Morgan fingerprint density at radius 1 is 0.500 bits per heavy atom. The van der Waals surface area contributed by atoms with Gasteiger partial charge in [0.05, 0.1) is 12.4 Å². The van der Waals surface area contributed by atoms with Crippen molar-refractivity contribution in [2.75, 3.05) is 0 Å². The molecule has 0 aliphatic carbocycles. The third-order valence-corrected chi connectivity index (χ3v) is 4.03. The molecule has 7 nitrogen and oxygen atoms in total. The van der Waals surface area contributed by atoms with Gasteiger partial charge in [-0.3, -0.25) is 9.97 Å². The molecule has 0 amide bonds. The minimum Gasteiger partial charge on any atom is -0.433 e. The number of hydrogen-bond donors (Lipinski definition) is 0. The summed E-state index contributed by atoms with van der Waals surface area (Å²) in [4.78, 5) is 21.7. The summed E-state index contributed by atoms with van der Waals surface area (Å²) in [5.74, 6) is 1.96. The third-order valence-electron chi connectivity index (χ3n) is 4.03. The van der Waals surface area contributed by atoms with Crippen LogP contribution in [0.2, 0.25) is 0 Å². The highest BCUT2D eigenvalue weighted by Gasteiger charge is 2.14. The van der Waals surface area contributed by atoms with Crippen LogP contribution < -0.4 is 0 Å². The van der Waals surface area contributed by atoms with Gasteiger partial charge < -0.3 is 8.83 Å². The second kappa shape index (κ2) is 6.88. The van der Waals surface area contributed by atoms with Crippen LogP contribution >= 0.6 is 0 Å². The molecule has 7 heteroatoms. The molecule has 5 aromatic rings. The molecule has 0 atom stereocenters. The van der Waals surface area contributed by atoms with Crippen molar-refractivity contribution < 1.29 is 8.83 Å². The second-order valence-corrected chi connectivity index (χ2v) is 5.90. The average molecular weight is 367 g/mol. The van der Waals surface area contributed by atoms with Gasteiger partial charge in [-0.2, -0.15) is 0 Å². The lowest BCUT2D eigenvalue weighted by molar-refractivity contribution is 0.579. The third kappa shape index (κ3) is 3.05. The van der Waals surface area contributed by atoms with E-state index < -0.39 is 0 Å². The van der Waals surface area contributed by atoms with Gasteiger partial charge >= 0.3 is 0 Å². The Labute approximate surface area is 159 Å². The van der Waals surface area contributed by atoms with E-state index in [1.54, 1.807) is 24.8 Å². The lowest BCUT2D eigenvalue weighted by Crippen LogP contribution is -1.87. The summed E-state index contributed by atoms with van der Waals surface area (Å²) in [5, 5.41) is 0. The number of hydrogen-bond acceptors (Lipinski definition) is 7. The molecule has 0 saturated heterocycles. The lowest BCUT2D eigenvalue weighted by Gasteiger charge is -1.99. The molecular formula is C21H13N5O2. The smallest absolute Gasteiger partial charge is 0.245 e. The van der Waals surface area contributed by atoms with Crippen LogP contribution in [0.25, 0.3) is 46.1 Å². The largest absolute Gasteiger partial charge is 0.433 e. The maximum absolute atomic E-state index is 5.82. The molecule has 0 spiro atoms. The van der Waals surface area contributed by atoms with Crippen LogP contribution in [0.15, 0.2) is 88.2 Å². The molecule has 28 heavy (non-hydrogen) atoms. The summed E-state index contributed by atoms with van der Waals surface area (Å²) >= 11 is 0. The molecule has 0 fully saturated rings. The zero-order chi connectivity index (χ0) is 18.8. The Morgan fingerprint density at radius 3 is 1.46 bits per heavy atom. The number of rotatable bonds is 4. The molecule has 5 heterocycles. The fourth-order valence-electron chi connectivity index (χ4n) is 2.71. The van der Waals surface area contributed by atoms with Gasteiger partial charge in [0.1, 0.15) is 22.8 Å². The molecule has 0 aliphatic rings. The predicted octanol–water partition coefficient (Wildman–Crippen LogP) is 4.52. The lowest BCUT2D eigenvalue weighted by atomic mass is 10.3. The van der Waals surface area contributed by atoms with Gasteiger partial charge in [-0.1, -0.05) is 18.2 Å². The van der Waals surface area contributed by atoms with E-state index in [4.69, 9.17) is 8.83 Å². The Kier molecular flexibility index (Phi) is 3.95. The van der Waals surface area contributed by atoms with Crippen LogP contribution in [0, 0.1) is 0 Å². The molecule has 0 aliphatic heterocycles. The minimum absolute atomic E-state index is 0.402. The SMILES string of the molecule is c1ccc(-c2cnc(-c3cccc(-c4ncc(-c5ccccn5)o4)n3)o2)nc1. The molecule has 5 rings (SSSR count). The Bertz CT molecular complexity index is 1120. The average Bonchev–Trinajstić information content (AvgIpc) is 3.46. The van der Waals surface area contributed by atoms with Gasteiger partial charge in [0, 0.05) is 12.4 Å². The van der Waals surface area contributed by atoms with E-state index in [1.807, 2.05) is 54.6 Å². The fourth-order valence-corrected chi connectivity index (χ4v) is 2.71. The highest BCUT2D eigenvalue weighted by atomic mass is 16.4. The van der Waals surface area contributed by atoms with E-state index in [0.717, 1.165) is 0 Å². The van der Waals surface area contributed by atoms with Gasteiger partial charge in [-0.05, 0) is 36.4 Å². The highest BCUT2D eigenvalue weighted by molar-refractivity contribution is 5.60. The number of nitrogens with zero attached hydrogens (tertiary/aromatic N) is 5. The molecule has 0 unspecified atom stereocenters. The molecule has 0 radical (unpaired) electrons. The van der Waals surface area contributed by atoms with Gasteiger partial charge in [0.2, 0.25) is 11.8 Å². The van der Waals surface area contributed by atoms with Crippen LogP contribution in [-0.4, -0.2) is 24.9 Å². The summed E-state index contributed by atoms with van der Waals surface area (Å²) in [6.45, 7) is 0. The van der Waals surface area contributed by atoms with Crippen molar-refractivity contribution in [2.24, 2.45) is 0 Å².